The molecule has 2 nitrogen and oxygen atoms in total. The van der Waals surface area contributed by atoms with Crippen LogP contribution < -0.4 is 4.74 Å². The van der Waals surface area contributed by atoms with Crippen molar-refractivity contribution in [2.24, 2.45) is 0 Å². The normalized spacial score (nSPS) is 10.5. The number of hydrogen-bond donors (Lipinski definition) is 1. The quantitative estimate of drug-likeness (QED) is 0.763. The Hall–Kier alpha value is -1.32. The van der Waals surface area contributed by atoms with Gasteiger partial charge in [0.05, 0.1) is 13.2 Å². The highest BCUT2D eigenvalue weighted by atomic mass is 79.9. The molecular formula is C17H19BrO2. The summed E-state index contributed by atoms with van der Waals surface area (Å²) >= 11 is 3.44. The second-order valence-corrected chi connectivity index (χ2v) is 5.65. The van der Waals surface area contributed by atoms with Gasteiger partial charge in [0.15, 0.2) is 0 Å². The average molecular weight is 335 g/mol. The summed E-state index contributed by atoms with van der Waals surface area (Å²) in [6.07, 6.45) is 3.24. The van der Waals surface area contributed by atoms with Gasteiger partial charge in [0.2, 0.25) is 0 Å². The lowest BCUT2D eigenvalue weighted by Crippen LogP contribution is -1.98. The largest absolute Gasteiger partial charge is 0.494 e. The van der Waals surface area contributed by atoms with E-state index >= 15 is 0 Å². The third-order valence-corrected chi connectivity index (χ3v) is 3.68. The summed E-state index contributed by atoms with van der Waals surface area (Å²) in [4.78, 5) is 0. The molecule has 0 aromatic heterocycles. The molecule has 0 radical (unpaired) electrons. The van der Waals surface area contributed by atoms with Gasteiger partial charge in [-0.3, -0.25) is 0 Å². The summed E-state index contributed by atoms with van der Waals surface area (Å²) in [6, 6.07) is 16.0. The summed E-state index contributed by atoms with van der Waals surface area (Å²) < 4.78 is 6.79. The zero-order valence-corrected chi connectivity index (χ0v) is 13.0. The summed E-state index contributed by atoms with van der Waals surface area (Å²) in [6.45, 7) is 0.808. The Bertz CT molecular complexity index is 506. The minimum atomic E-state index is 0.0769. The molecule has 0 bridgehead atoms. The van der Waals surface area contributed by atoms with Crippen LogP contribution in [0.1, 0.15) is 24.0 Å². The van der Waals surface area contributed by atoms with Crippen molar-refractivity contribution in [3.05, 3.63) is 64.1 Å². The molecule has 0 unspecified atom stereocenters. The molecule has 0 saturated carbocycles. The first-order chi connectivity index (χ1) is 9.78. The molecule has 0 atom stereocenters. The van der Waals surface area contributed by atoms with Crippen LogP contribution in [-0.2, 0) is 13.0 Å². The Labute approximate surface area is 128 Å². The van der Waals surface area contributed by atoms with Crippen molar-refractivity contribution in [2.45, 2.75) is 25.9 Å². The molecule has 0 saturated heterocycles. The smallest absolute Gasteiger partial charge is 0.119 e. The lowest BCUT2D eigenvalue weighted by molar-refractivity contribution is 0.281. The number of aryl methyl sites for hydroxylation is 1. The first-order valence-corrected chi connectivity index (χ1v) is 7.64. The summed E-state index contributed by atoms with van der Waals surface area (Å²) in [5.74, 6) is 0.867. The van der Waals surface area contributed by atoms with E-state index in [0.29, 0.717) is 0 Å². The number of aliphatic hydroxyl groups excluding tert-OH is 1. The third kappa shape index (κ3) is 4.99. The van der Waals surface area contributed by atoms with E-state index in [1.54, 1.807) is 0 Å². The van der Waals surface area contributed by atoms with Crippen LogP contribution in [0.3, 0.4) is 0 Å². The van der Waals surface area contributed by atoms with Gasteiger partial charge in [0, 0.05) is 4.47 Å². The van der Waals surface area contributed by atoms with Crippen molar-refractivity contribution in [3.63, 3.8) is 0 Å². The van der Waals surface area contributed by atoms with Gasteiger partial charge in [0.25, 0.3) is 0 Å². The molecular weight excluding hydrogens is 316 g/mol. The van der Waals surface area contributed by atoms with Gasteiger partial charge in [0.1, 0.15) is 5.75 Å². The second-order valence-electron chi connectivity index (χ2n) is 4.73. The predicted molar refractivity (Wildman–Crippen MR) is 84.9 cm³/mol. The Morgan fingerprint density at radius 3 is 2.15 bits per heavy atom. The molecule has 2 aromatic carbocycles. The maximum atomic E-state index is 8.96. The van der Waals surface area contributed by atoms with E-state index in [1.807, 2.05) is 24.3 Å². The molecule has 0 fully saturated rings. The fraction of sp³-hybridized carbons (Fsp3) is 0.294. The molecule has 2 aromatic rings. The number of rotatable bonds is 7. The summed E-state index contributed by atoms with van der Waals surface area (Å²) in [5, 5.41) is 8.96. The van der Waals surface area contributed by atoms with Gasteiger partial charge in [-0.15, -0.1) is 0 Å². The molecule has 0 spiro atoms. The molecule has 0 aliphatic rings. The zero-order chi connectivity index (χ0) is 14.2. The highest BCUT2D eigenvalue weighted by Crippen LogP contribution is 2.14. The fourth-order valence-electron chi connectivity index (χ4n) is 1.96. The summed E-state index contributed by atoms with van der Waals surface area (Å²) in [7, 11) is 0. The van der Waals surface area contributed by atoms with Gasteiger partial charge in [-0.1, -0.05) is 40.2 Å². The molecule has 3 heteroatoms. The van der Waals surface area contributed by atoms with Crippen LogP contribution in [0.25, 0.3) is 0 Å². The van der Waals surface area contributed by atoms with Crippen LogP contribution in [0.5, 0.6) is 5.75 Å². The van der Waals surface area contributed by atoms with Crippen molar-refractivity contribution in [3.8, 4) is 5.75 Å². The molecule has 2 rings (SSSR count). The minimum Gasteiger partial charge on any atom is -0.494 e. The van der Waals surface area contributed by atoms with Crippen LogP contribution in [0.4, 0.5) is 0 Å². The maximum Gasteiger partial charge on any atom is 0.119 e. The molecule has 1 N–H and O–H groups in total. The van der Waals surface area contributed by atoms with Gasteiger partial charge in [-0.05, 0) is 54.7 Å². The number of halogens is 1. The van der Waals surface area contributed by atoms with Gasteiger partial charge < -0.3 is 9.84 Å². The van der Waals surface area contributed by atoms with Crippen LogP contribution >= 0.6 is 15.9 Å². The van der Waals surface area contributed by atoms with E-state index in [2.05, 4.69) is 40.2 Å². The van der Waals surface area contributed by atoms with E-state index in [0.717, 1.165) is 41.7 Å². The van der Waals surface area contributed by atoms with Gasteiger partial charge >= 0.3 is 0 Å². The number of unbranched alkanes of at least 4 members (excludes halogenated alkanes) is 1. The molecule has 0 aliphatic heterocycles. The van der Waals surface area contributed by atoms with Crippen molar-refractivity contribution >= 4 is 15.9 Å². The average Bonchev–Trinajstić information content (AvgIpc) is 2.49. The predicted octanol–water partition coefficient (Wildman–Crippen LogP) is 4.34. The van der Waals surface area contributed by atoms with Gasteiger partial charge in [-0.2, -0.15) is 0 Å². The fourth-order valence-corrected chi connectivity index (χ4v) is 2.23. The lowest BCUT2D eigenvalue weighted by Gasteiger charge is -2.07. The number of benzene rings is 2. The van der Waals surface area contributed by atoms with Gasteiger partial charge in [-0.25, -0.2) is 0 Å². The maximum absolute atomic E-state index is 8.96. The van der Waals surface area contributed by atoms with E-state index in [1.165, 1.54) is 5.56 Å². The van der Waals surface area contributed by atoms with Crippen molar-refractivity contribution in [1.29, 1.82) is 0 Å². The first kappa shape index (κ1) is 15.1. The standard InChI is InChI=1S/C17H19BrO2/c18-16-8-4-14(5-9-16)3-1-2-12-20-17-10-6-15(13-19)7-11-17/h4-11,19H,1-3,12-13H2. The third-order valence-electron chi connectivity index (χ3n) is 3.15. The molecule has 0 aliphatic carbocycles. The zero-order valence-electron chi connectivity index (χ0n) is 11.4. The molecule has 106 valence electrons. The number of hydrogen-bond acceptors (Lipinski definition) is 2. The molecule has 0 amide bonds. The summed E-state index contributed by atoms with van der Waals surface area (Å²) in [5.41, 5.74) is 2.27. The molecule has 0 heterocycles. The van der Waals surface area contributed by atoms with E-state index in [9.17, 15) is 0 Å². The lowest BCUT2D eigenvalue weighted by atomic mass is 10.1. The highest BCUT2D eigenvalue weighted by Gasteiger charge is 1.97. The minimum absolute atomic E-state index is 0.0769. The number of aliphatic hydroxyl groups is 1. The topological polar surface area (TPSA) is 29.5 Å². The Morgan fingerprint density at radius 1 is 0.850 bits per heavy atom. The Balaban J connectivity index is 1.64. The van der Waals surface area contributed by atoms with Crippen LogP contribution in [0.15, 0.2) is 53.0 Å². The molecule has 20 heavy (non-hydrogen) atoms. The van der Waals surface area contributed by atoms with E-state index in [4.69, 9.17) is 9.84 Å². The van der Waals surface area contributed by atoms with E-state index < -0.39 is 0 Å². The Morgan fingerprint density at radius 2 is 1.50 bits per heavy atom. The second kappa shape index (κ2) is 8.08. The van der Waals surface area contributed by atoms with Crippen molar-refractivity contribution < 1.29 is 9.84 Å². The number of ether oxygens (including phenoxy) is 1. The monoisotopic (exact) mass is 334 g/mol. The van der Waals surface area contributed by atoms with Crippen molar-refractivity contribution in [1.82, 2.24) is 0 Å². The Kier molecular flexibility index (Phi) is 6.09. The highest BCUT2D eigenvalue weighted by molar-refractivity contribution is 9.10. The van der Waals surface area contributed by atoms with E-state index in [-0.39, 0.29) is 6.61 Å². The first-order valence-electron chi connectivity index (χ1n) is 6.85. The van der Waals surface area contributed by atoms with Crippen molar-refractivity contribution in [2.75, 3.05) is 6.61 Å². The van der Waals surface area contributed by atoms with Crippen LogP contribution in [0, 0.1) is 0 Å². The van der Waals surface area contributed by atoms with Crippen LogP contribution in [0.2, 0.25) is 0 Å². The SMILES string of the molecule is OCc1ccc(OCCCCc2ccc(Br)cc2)cc1. The van der Waals surface area contributed by atoms with Crippen LogP contribution in [-0.4, -0.2) is 11.7 Å².